The van der Waals surface area contributed by atoms with E-state index in [1.807, 2.05) is 6.92 Å². The van der Waals surface area contributed by atoms with Crippen LogP contribution >= 0.6 is 12.6 Å². The standard InChI is InChI=1S/C11H14O4S/c1-6(16)4-8(12)11-7(2)15-10(13)5-9(11)14-3/h5-6,16H,4H2,1-3H3/t6-/m0/s1. The number of rotatable bonds is 4. The Morgan fingerprint density at radius 1 is 1.62 bits per heavy atom. The number of hydrogen-bond donors (Lipinski definition) is 1. The van der Waals surface area contributed by atoms with Crippen molar-refractivity contribution < 1.29 is 13.9 Å². The lowest BCUT2D eigenvalue weighted by molar-refractivity contribution is 0.0977. The zero-order valence-electron chi connectivity index (χ0n) is 9.44. The number of ether oxygens (including phenoxy) is 1. The lowest BCUT2D eigenvalue weighted by Gasteiger charge is -2.09. The van der Waals surface area contributed by atoms with E-state index in [-0.39, 0.29) is 29.0 Å². The molecule has 0 unspecified atom stereocenters. The van der Waals surface area contributed by atoms with Crippen molar-refractivity contribution in [2.24, 2.45) is 0 Å². The molecule has 1 atom stereocenters. The first-order valence-electron chi connectivity index (χ1n) is 4.85. The molecule has 0 radical (unpaired) electrons. The van der Waals surface area contributed by atoms with Crippen LogP contribution in [0.2, 0.25) is 0 Å². The van der Waals surface area contributed by atoms with Crippen molar-refractivity contribution in [1.82, 2.24) is 0 Å². The minimum atomic E-state index is -0.523. The topological polar surface area (TPSA) is 56.5 Å². The van der Waals surface area contributed by atoms with Gasteiger partial charge >= 0.3 is 5.63 Å². The SMILES string of the molecule is COc1cc(=O)oc(C)c1C(=O)C[C@H](C)S. The summed E-state index contributed by atoms with van der Waals surface area (Å²) in [6, 6.07) is 1.17. The Hall–Kier alpha value is -1.23. The molecule has 16 heavy (non-hydrogen) atoms. The fourth-order valence-corrected chi connectivity index (χ4v) is 1.62. The largest absolute Gasteiger partial charge is 0.496 e. The van der Waals surface area contributed by atoms with Gasteiger partial charge in [0.15, 0.2) is 5.78 Å². The minimum Gasteiger partial charge on any atom is -0.496 e. The molecule has 0 aliphatic carbocycles. The first kappa shape index (κ1) is 12.8. The van der Waals surface area contributed by atoms with Crippen LogP contribution in [0, 0.1) is 6.92 Å². The zero-order valence-corrected chi connectivity index (χ0v) is 10.3. The second kappa shape index (κ2) is 5.21. The molecule has 0 saturated heterocycles. The fourth-order valence-electron chi connectivity index (χ4n) is 1.45. The van der Waals surface area contributed by atoms with Crippen LogP contribution in [0.25, 0.3) is 0 Å². The van der Waals surface area contributed by atoms with E-state index in [1.54, 1.807) is 6.92 Å². The maximum Gasteiger partial charge on any atom is 0.339 e. The highest BCUT2D eigenvalue weighted by atomic mass is 32.1. The molecule has 0 aliphatic rings. The molecule has 0 amide bonds. The molecule has 88 valence electrons. The summed E-state index contributed by atoms with van der Waals surface area (Å²) in [5.41, 5.74) is -0.201. The summed E-state index contributed by atoms with van der Waals surface area (Å²) in [6.07, 6.45) is 0.272. The highest BCUT2D eigenvalue weighted by molar-refractivity contribution is 7.80. The monoisotopic (exact) mass is 242 g/mol. The lowest BCUT2D eigenvalue weighted by atomic mass is 10.1. The lowest BCUT2D eigenvalue weighted by Crippen LogP contribution is -2.12. The van der Waals surface area contributed by atoms with Crippen molar-refractivity contribution in [3.05, 3.63) is 27.8 Å². The molecule has 0 aromatic carbocycles. The predicted octanol–water partition coefficient (Wildman–Crippen LogP) is 1.85. The average Bonchev–Trinajstić information content (AvgIpc) is 2.14. The Labute approximate surface area is 99.0 Å². The van der Waals surface area contributed by atoms with Gasteiger partial charge in [-0.05, 0) is 6.92 Å². The Morgan fingerprint density at radius 2 is 2.25 bits per heavy atom. The maximum atomic E-state index is 11.9. The summed E-state index contributed by atoms with van der Waals surface area (Å²) in [5.74, 6) is 0.400. The number of Topliss-reactive ketones (excluding diaryl/α,β-unsaturated/α-hetero) is 1. The maximum absolute atomic E-state index is 11.9. The van der Waals surface area contributed by atoms with Gasteiger partial charge in [-0.15, -0.1) is 0 Å². The van der Waals surface area contributed by atoms with Gasteiger partial charge in [0.25, 0.3) is 0 Å². The number of carbonyl (C=O) groups excluding carboxylic acids is 1. The van der Waals surface area contributed by atoms with Crippen molar-refractivity contribution in [2.75, 3.05) is 7.11 Å². The summed E-state index contributed by atoms with van der Waals surface area (Å²) in [6.45, 7) is 3.39. The molecular weight excluding hydrogens is 228 g/mol. The molecular formula is C11H14O4S. The second-order valence-corrected chi connectivity index (χ2v) is 4.42. The van der Waals surface area contributed by atoms with Gasteiger partial charge in [0.1, 0.15) is 11.5 Å². The molecule has 1 aromatic heterocycles. The fraction of sp³-hybridized carbons (Fsp3) is 0.455. The number of methoxy groups -OCH3 is 1. The number of carbonyl (C=O) groups is 1. The quantitative estimate of drug-likeness (QED) is 0.646. The highest BCUT2D eigenvalue weighted by Gasteiger charge is 2.19. The van der Waals surface area contributed by atoms with Gasteiger partial charge in [0.05, 0.1) is 18.7 Å². The highest BCUT2D eigenvalue weighted by Crippen LogP contribution is 2.22. The van der Waals surface area contributed by atoms with E-state index in [9.17, 15) is 9.59 Å². The van der Waals surface area contributed by atoms with E-state index in [1.165, 1.54) is 13.2 Å². The Morgan fingerprint density at radius 3 is 2.75 bits per heavy atom. The Bertz CT molecular complexity index is 448. The first-order chi connectivity index (χ1) is 7.45. The van der Waals surface area contributed by atoms with Crippen LogP contribution in [0.4, 0.5) is 0 Å². The molecule has 0 aliphatic heterocycles. The smallest absolute Gasteiger partial charge is 0.339 e. The van der Waals surface area contributed by atoms with Crippen LogP contribution in [-0.2, 0) is 0 Å². The van der Waals surface area contributed by atoms with Crippen LogP contribution in [-0.4, -0.2) is 18.1 Å². The van der Waals surface area contributed by atoms with Gasteiger partial charge < -0.3 is 9.15 Å². The molecule has 1 aromatic rings. The second-order valence-electron chi connectivity index (χ2n) is 3.54. The summed E-state index contributed by atoms with van der Waals surface area (Å²) in [4.78, 5) is 23.0. The van der Waals surface area contributed by atoms with E-state index >= 15 is 0 Å². The van der Waals surface area contributed by atoms with Crippen LogP contribution in [0.3, 0.4) is 0 Å². The summed E-state index contributed by atoms with van der Waals surface area (Å²) >= 11 is 4.15. The zero-order chi connectivity index (χ0) is 12.3. The van der Waals surface area contributed by atoms with Crippen molar-refractivity contribution >= 4 is 18.4 Å². The van der Waals surface area contributed by atoms with E-state index in [4.69, 9.17) is 9.15 Å². The Balaban J connectivity index is 3.21. The van der Waals surface area contributed by atoms with Gasteiger partial charge in [-0.3, -0.25) is 4.79 Å². The molecule has 1 heterocycles. The third-order valence-corrected chi connectivity index (χ3v) is 2.26. The summed E-state index contributed by atoms with van der Waals surface area (Å²) in [5, 5.41) is -0.0523. The molecule has 1 rings (SSSR count). The first-order valence-corrected chi connectivity index (χ1v) is 5.37. The molecule has 0 spiro atoms. The Kier molecular flexibility index (Phi) is 4.18. The third kappa shape index (κ3) is 2.88. The van der Waals surface area contributed by atoms with Crippen molar-refractivity contribution in [2.45, 2.75) is 25.5 Å². The third-order valence-electron chi connectivity index (χ3n) is 2.08. The normalized spacial score (nSPS) is 12.2. The predicted molar refractivity (Wildman–Crippen MR) is 63.7 cm³/mol. The molecule has 4 nitrogen and oxygen atoms in total. The van der Waals surface area contributed by atoms with Gasteiger partial charge in [0, 0.05) is 11.7 Å². The van der Waals surface area contributed by atoms with Gasteiger partial charge in [-0.25, -0.2) is 4.79 Å². The van der Waals surface area contributed by atoms with Crippen molar-refractivity contribution in [3.8, 4) is 5.75 Å². The molecule has 5 heteroatoms. The van der Waals surface area contributed by atoms with Crippen LogP contribution in [0.1, 0.15) is 29.5 Å². The number of ketones is 1. The van der Waals surface area contributed by atoms with Gasteiger partial charge in [-0.1, -0.05) is 6.92 Å². The number of hydrogen-bond acceptors (Lipinski definition) is 5. The van der Waals surface area contributed by atoms with E-state index in [2.05, 4.69) is 12.6 Å². The average molecular weight is 242 g/mol. The van der Waals surface area contributed by atoms with E-state index < -0.39 is 5.63 Å². The number of thiol groups is 1. The number of aryl methyl sites for hydroxylation is 1. The van der Waals surface area contributed by atoms with Gasteiger partial charge in [-0.2, -0.15) is 12.6 Å². The van der Waals surface area contributed by atoms with E-state index in [0.29, 0.717) is 5.56 Å². The molecule has 0 N–H and O–H groups in total. The molecule has 0 bridgehead atoms. The van der Waals surface area contributed by atoms with E-state index in [0.717, 1.165) is 0 Å². The van der Waals surface area contributed by atoms with Crippen LogP contribution < -0.4 is 10.4 Å². The van der Waals surface area contributed by atoms with Crippen molar-refractivity contribution in [1.29, 1.82) is 0 Å². The van der Waals surface area contributed by atoms with Crippen LogP contribution in [0.5, 0.6) is 5.75 Å². The summed E-state index contributed by atoms with van der Waals surface area (Å²) in [7, 11) is 1.41. The summed E-state index contributed by atoms with van der Waals surface area (Å²) < 4.78 is 9.88. The molecule has 0 fully saturated rings. The molecule has 0 saturated carbocycles. The minimum absolute atomic E-state index is 0.0523. The van der Waals surface area contributed by atoms with Gasteiger partial charge in [0.2, 0.25) is 0 Å². The van der Waals surface area contributed by atoms with Crippen molar-refractivity contribution in [3.63, 3.8) is 0 Å². The van der Waals surface area contributed by atoms with Crippen LogP contribution in [0.15, 0.2) is 15.3 Å².